The van der Waals surface area contributed by atoms with Gasteiger partial charge >= 0.3 is 5.97 Å². The molecule has 1 aliphatic carbocycles. The molecule has 1 spiro atoms. The summed E-state index contributed by atoms with van der Waals surface area (Å²) in [7, 11) is 0. The molecule has 4 atom stereocenters. The van der Waals surface area contributed by atoms with Crippen LogP contribution in [0.4, 0.5) is 0 Å². The van der Waals surface area contributed by atoms with Crippen LogP contribution < -0.4 is 0 Å². The minimum atomic E-state index is -0.731. The molecule has 4 unspecified atom stereocenters. The fourth-order valence-electron chi connectivity index (χ4n) is 5.91. The summed E-state index contributed by atoms with van der Waals surface area (Å²) in [6.45, 7) is 8.87. The Morgan fingerprint density at radius 3 is 2.55 bits per heavy atom. The molecule has 38 heavy (non-hydrogen) atoms. The summed E-state index contributed by atoms with van der Waals surface area (Å²) in [5, 5.41) is 8.90. The van der Waals surface area contributed by atoms with E-state index < -0.39 is 11.8 Å². The van der Waals surface area contributed by atoms with Gasteiger partial charge in [0.05, 0.1) is 19.3 Å². The lowest BCUT2D eigenvalue weighted by molar-refractivity contribution is -0.315. The van der Waals surface area contributed by atoms with E-state index in [2.05, 4.69) is 45.1 Å². The zero-order valence-electron chi connectivity index (χ0n) is 24.3. The van der Waals surface area contributed by atoms with Gasteiger partial charge in [-0.15, -0.1) is 0 Å². The van der Waals surface area contributed by atoms with Gasteiger partial charge in [0.25, 0.3) is 0 Å². The lowest BCUT2D eigenvalue weighted by Gasteiger charge is -2.45. The number of carbonyl (C=O) groups is 1. The van der Waals surface area contributed by atoms with Crippen molar-refractivity contribution in [3.05, 3.63) is 24.3 Å². The number of allylic oxidation sites excluding steroid dienone is 3. The summed E-state index contributed by atoms with van der Waals surface area (Å²) in [5.41, 5.74) is 0.0348. The van der Waals surface area contributed by atoms with Crippen LogP contribution in [0, 0.1) is 17.3 Å². The van der Waals surface area contributed by atoms with E-state index in [-0.39, 0.29) is 30.1 Å². The Hall–Kier alpha value is -1.21. The highest BCUT2D eigenvalue weighted by Crippen LogP contribution is 2.49. The van der Waals surface area contributed by atoms with E-state index in [0.29, 0.717) is 25.6 Å². The number of rotatable bonds is 16. The Labute approximate surface area is 231 Å². The molecule has 0 aromatic rings. The zero-order valence-corrected chi connectivity index (χ0v) is 24.3. The maximum Gasteiger partial charge on any atom is 0.303 e. The molecule has 6 nitrogen and oxygen atoms in total. The van der Waals surface area contributed by atoms with Crippen molar-refractivity contribution in [3.8, 4) is 0 Å². The molecular formula is C32H54O6. The molecule has 1 saturated carbocycles. The number of ether oxygens (including phenoxy) is 4. The molecule has 0 bridgehead atoms. The van der Waals surface area contributed by atoms with Crippen molar-refractivity contribution in [1.82, 2.24) is 0 Å². The third-order valence-electron chi connectivity index (χ3n) is 8.27. The van der Waals surface area contributed by atoms with Crippen molar-refractivity contribution in [2.24, 2.45) is 17.3 Å². The fraction of sp³-hybridized carbons (Fsp3) is 0.844. The minimum absolute atomic E-state index is 0.0348. The maximum atomic E-state index is 10.8. The molecule has 2 aliphatic heterocycles. The quantitative estimate of drug-likeness (QED) is 0.161. The third-order valence-corrected chi connectivity index (χ3v) is 8.27. The lowest BCUT2D eigenvalue weighted by atomic mass is 9.86. The van der Waals surface area contributed by atoms with Crippen molar-refractivity contribution in [3.63, 3.8) is 0 Å². The molecule has 0 radical (unpaired) electrons. The smallest absolute Gasteiger partial charge is 0.303 e. The summed E-state index contributed by atoms with van der Waals surface area (Å²) < 4.78 is 25.4. The van der Waals surface area contributed by atoms with Gasteiger partial charge in [0.1, 0.15) is 0 Å². The first-order valence-electron chi connectivity index (χ1n) is 15.4. The van der Waals surface area contributed by atoms with Crippen molar-refractivity contribution in [2.45, 2.75) is 135 Å². The number of hydrogen-bond acceptors (Lipinski definition) is 5. The Balaban J connectivity index is 1.65. The van der Waals surface area contributed by atoms with E-state index in [0.717, 1.165) is 51.6 Å². The monoisotopic (exact) mass is 534 g/mol. The van der Waals surface area contributed by atoms with Crippen LogP contribution >= 0.6 is 0 Å². The van der Waals surface area contributed by atoms with Crippen LogP contribution in [0.2, 0.25) is 0 Å². The normalized spacial score (nSPS) is 27.9. The SMILES string of the molecule is CCCCCCCC(C=CC1CCC2(OCC(C)(C)CO2)C1CC=CCCCC(=O)O)OC1CCCCO1. The van der Waals surface area contributed by atoms with Gasteiger partial charge in [-0.25, -0.2) is 0 Å². The maximum absolute atomic E-state index is 10.8. The average molecular weight is 535 g/mol. The highest BCUT2D eigenvalue weighted by Gasteiger charge is 2.52. The molecule has 3 aliphatic rings. The van der Waals surface area contributed by atoms with E-state index in [1.165, 1.54) is 38.5 Å². The third kappa shape index (κ3) is 10.4. The minimum Gasteiger partial charge on any atom is -0.481 e. The predicted molar refractivity (Wildman–Crippen MR) is 151 cm³/mol. The molecular weight excluding hydrogens is 480 g/mol. The molecule has 2 heterocycles. The topological polar surface area (TPSA) is 74.2 Å². The Morgan fingerprint density at radius 1 is 1.05 bits per heavy atom. The summed E-state index contributed by atoms with van der Waals surface area (Å²) in [6, 6.07) is 0. The summed E-state index contributed by atoms with van der Waals surface area (Å²) in [5.74, 6) is -0.662. The molecule has 218 valence electrons. The zero-order chi connectivity index (χ0) is 27.3. The van der Waals surface area contributed by atoms with E-state index in [4.69, 9.17) is 24.1 Å². The van der Waals surface area contributed by atoms with Crippen molar-refractivity contribution in [1.29, 1.82) is 0 Å². The van der Waals surface area contributed by atoms with Crippen LogP contribution in [-0.4, -0.2) is 49.1 Å². The van der Waals surface area contributed by atoms with Crippen LogP contribution in [0.25, 0.3) is 0 Å². The van der Waals surface area contributed by atoms with Gasteiger partial charge in [-0.1, -0.05) is 77.2 Å². The van der Waals surface area contributed by atoms with Crippen LogP contribution in [0.1, 0.15) is 117 Å². The Morgan fingerprint density at radius 2 is 1.84 bits per heavy atom. The number of carboxylic acids is 1. The summed E-state index contributed by atoms with van der Waals surface area (Å²) in [6.07, 6.45) is 24.1. The van der Waals surface area contributed by atoms with Gasteiger partial charge in [-0.2, -0.15) is 0 Å². The van der Waals surface area contributed by atoms with Gasteiger partial charge in [0.2, 0.25) is 0 Å². The first-order valence-corrected chi connectivity index (χ1v) is 15.4. The Kier molecular flexibility index (Phi) is 13.3. The lowest BCUT2D eigenvalue weighted by Crippen LogP contribution is -2.50. The molecule has 0 aromatic heterocycles. The molecule has 0 amide bonds. The van der Waals surface area contributed by atoms with E-state index >= 15 is 0 Å². The van der Waals surface area contributed by atoms with E-state index in [1.807, 2.05) is 0 Å². The van der Waals surface area contributed by atoms with Crippen molar-refractivity contribution >= 4 is 5.97 Å². The first kappa shape index (κ1) is 31.3. The first-order chi connectivity index (χ1) is 18.3. The fourth-order valence-corrected chi connectivity index (χ4v) is 5.91. The van der Waals surface area contributed by atoms with Gasteiger partial charge in [-0.3, -0.25) is 4.79 Å². The molecule has 0 aromatic carbocycles. The summed E-state index contributed by atoms with van der Waals surface area (Å²) >= 11 is 0. The standard InChI is InChI=1S/C32H54O6/c1-4-5-6-7-10-15-27(38-30-18-13-14-23-35-30)20-19-26-21-22-32(36-24-31(2,3)25-37-32)28(26)16-11-8-9-12-17-29(33)34/h8,11,19-20,26-28,30H,4-7,9-10,12-18,21-25H2,1-3H3,(H,33,34). The van der Waals surface area contributed by atoms with Crippen LogP contribution in [-0.2, 0) is 23.7 Å². The average Bonchev–Trinajstić information content (AvgIpc) is 3.23. The second-order valence-electron chi connectivity index (χ2n) is 12.4. The van der Waals surface area contributed by atoms with Crippen LogP contribution in [0.5, 0.6) is 0 Å². The van der Waals surface area contributed by atoms with Gasteiger partial charge in [0.15, 0.2) is 12.1 Å². The summed E-state index contributed by atoms with van der Waals surface area (Å²) in [4.78, 5) is 10.8. The number of carboxylic acid groups (broad SMARTS) is 1. The van der Waals surface area contributed by atoms with Crippen molar-refractivity contribution in [2.75, 3.05) is 19.8 Å². The van der Waals surface area contributed by atoms with Gasteiger partial charge < -0.3 is 24.1 Å². The van der Waals surface area contributed by atoms with Crippen LogP contribution in [0.3, 0.4) is 0 Å². The molecule has 2 saturated heterocycles. The van der Waals surface area contributed by atoms with Crippen molar-refractivity contribution < 1.29 is 28.8 Å². The molecule has 3 rings (SSSR count). The molecule has 1 N–H and O–H groups in total. The predicted octanol–water partition coefficient (Wildman–Crippen LogP) is 7.81. The van der Waals surface area contributed by atoms with Gasteiger partial charge in [0, 0.05) is 30.8 Å². The van der Waals surface area contributed by atoms with E-state index in [1.54, 1.807) is 0 Å². The number of unbranched alkanes of at least 4 members (excludes halogenated alkanes) is 5. The molecule has 3 fully saturated rings. The van der Waals surface area contributed by atoms with Gasteiger partial charge in [-0.05, 0) is 57.3 Å². The largest absolute Gasteiger partial charge is 0.481 e. The van der Waals surface area contributed by atoms with E-state index in [9.17, 15) is 4.79 Å². The highest BCUT2D eigenvalue weighted by atomic mass is 16.7. The highest BCUT2D eigenvalue weighted by molar-refractivity contribution is 5.66. The Bertz CT molecular complexity index is 728. The second-order valence-corrected chi connectivity index (χ2v) is 12.4. The number of hydrogen-bond donors (Lipinski definition) is 1. The number of aliphatic carboxylic acids is 1. The second kappa shape index (κ2) is 16.2. The van der Waals surface area contributed by atoms with Crippen LogP contribution in [0.15, 0.2) is 24.3 Å². The molecule has 6 heteroatoms.